The van der Waals surface area contributed by atoms with E-state index in [1.54, 1.807) is 24.3 Å². The van der Waals surface area contributed by atoms with Gasteiger partial charge in [-0.15, -0.1) is 11.8 Å². The molecule has 1 unspecified atom stereocenters. The van der Waals surface area contributed by atoms with E-state index in [9.17, 15) is 9.59 Å². The van der Waals surface area contributed by atoms with Crippen molar-refractivity contribution in [3.8, 4) is 0 Å². The monoisotopic (exact) mass is 472 g/mol. The minimum Gasteiger partial charge on any atom is -0.324 e. The van der Waals surface area contributed by atoms with Crippen molar-refractivity contribution < 1.29 is 9.59 Å². The van der Waals surface area contributed by atoms with E-state index in [0.29, 0.717) is 33.4 Å². The number of aryl methyl sites for hydroxylation is 1. The number of carbonyl (C=O) groups excluding carboxylic acids is 2. The number of amides is 2. The maximum Gasteiger partial charge on any atom is 0.255 e. The quantitative estimate of drug-likeness (QED) is 0.361. The molecule has 0 heterocycles. The molecule has 3 aromatic carbocycles. The van der Waals surface area contributed by atoms with Crippen LogP contribution >= 0.6 is 35.0 Å². The summed E-state index contributed by atoms with van der Waals surface area (Å²) in [6.45, 7) is 3.85. The van der Waals surface area contributed by atoms with Crippen LogP contribution in [-0.4, -0.2) is 17.1 Å². The van der Waals surface area contributed by atoms with Gasteiger partial charge in [0, 0.05) is 16.1 Å². The molecule has 2 N–H and O–H groups in total. The lowest BCUT2D eigenvalue weighted by Crippen LogP contribution is -2.24. The minimum absolute atomic E-state index is 0.161. The van der Waals surface area contributed by atoms with Crippen LogP contribution in [0, 0.1) is 6.92 Å². The van der Waals surface area contributed by atoms with E-state index in [1.165, 1.54) is 11.8 Å². The smallest absolute Gasteiger partial charge is 0.255 e. The summed E-state index contributed by atoms with van der Waals surface area (Å²) in [5.41, 5.74) is 2.70. The standard InChI is InChI=1S/C24H22Cl2N2O2S/c1-3-21(24(30)28-20-13-7-12-19(25)22(20)26)31-17-10-6-9-16(14-17)27-23(29)18-11-5-4-8-15(18)2/h4-14,21H,3H2,1-2H3,(H,27,29)(H,28,30). The molecule has 1 atom stereocenters. The molecule has 31 heavy (non-hydrogen) atoms. The van der Waals surface area contributed by atoms with Crippen LogP contribution in [0.25, 0.3) is 0 Å². The summed E-state index contributed by atoms with van der Waals surface area (Å²) in [6, 6.07) is 20.0. The molecule has 0 spiro atoms. The van der Waals surface area contributed by atoms with Gasteiger partial charge in [0.2, 0.25) is 5.91 Å². The van der Waals surface area contributed by atoms with Crippen molar-refractivity contribution in [3.05, 3.63) is 87.9 Å². The molecule has 3 aromatic rings. The highest BCUT2D eigenvalue weighted by molar-refractivity contribution is 8.00. The number of halogens is 2. The Balaban J connectivity index is 1.69. The van der Waals surface area contributed by atoms with Crippen molar-refractivity contribution in [1.29, 1.82) is 0 Å². The van der Waals surface area contributed by atoms with Gasteiger partial charge in [-0.05, 0) is 55.3 Å². The van der Waals surface area contributed by atoms with Gasteiger partial charge >= 0.3 is 0 Å². The molecule has 0 aliphatic heterocycles. The molecule has 160 valence electrons. The number of hydrogen-bond acceptors (Lipinski definition) is 3. The number of carbonyl (C=O) groups is 2. The minimum atomic E-state index is -0.336. The molecule has 7 heteroatoms. The van der Waals surface area contributed by atoms with Crippen LogP contribution in [0.3, 0.4) is 0 Å². The lowest BCUT2D eigenvalue weighted by atomic mass is 10.1. The van der Waals surface area contributed by atoms with E-state index in [2.05, 4.69) is 10.6 Å². The number of benzene rings is 3. The SMILES string of the molecule is CCC(Sc1cccc(NC(=O)c2ccccc2C)c1)C(=O)Nc1cccc(Cl)c1Cl. The average molecular weight is 473 g/mol. The zero-order chi connectivity index (χ0) is 22.4. The van der Waals surface area contributed by atoms with Gasteiger partial charge in [0.05, 0.1) is 21.0 Å². The van der Waals surface area contributed by atoms with Gasteiger partial charge in [-0.3, -0.25) is 9.59 Å². The Bertz CT molecular complexity index is 1100. The number of nitrogens with one attached hydrogen (secondary N) is 2. The average Bonchev–Trinajstić information content (AvgIpc) is 2.75. The van der Waals surface area contributed by atoms with Crippen LogP contribution in [-0.2, 0) is 4.79 Å². The molecule has 2 amide bonds. The summed E-state index contributed by atoms with van der Waals surface area (Å²) in [5.74, 6) is -0.327. The molecule has 0 saturated carbocycles. The Hall–Kier alpha value is -2.47. The first-order valence-corrected chi connectivity index (χ1v) is 11.4. The van der Waals surface area contributed by atoms with Crippen LogP contribution in [0.4, 0.5) is 11.4 Å². The third kappa shape index (κ3) is 6.03. The number of thioether (sulfide) groups is 1. The largest absolute Gasteiger partial charge is 0.324 e. The lowest BCUT2D eigenvalue weighted by molar-refractivity contribution is -0.115. The van der Waals surface area contributed by atoms with Crippen molar-refractivity contribution in [1.82, 2.24) is 0 Å². The normalized spacial score (nSPS) is 11.6. The molecule has 0 fully saturated rings. The van der Waals surface area contributed by atoms with E-state index in [4.69, 9.17) is 23.2 Å². The Kier molecular flexibility index (Phi) is 8.02. The van der Waals surface area contributed by atoms with Gasteiger partial charge in [-0.1, -0.05) is 60.5 Å². The van der Waals surface area contributed by atoms with Crippen molar-refractivity contribution in [2.75, 3.05) is 10.6 Å². The van der Waals surface area contributed by atoms with Gasteiger partial charge < -0.3 is 10.6 Å². The van der Waals surface area contributed by atoms with Crippen LogP contribution in [0.5, 0.6) is 0 Å². The number of hydrogen-bond donors (Lipinski definition) is 2. The van der Waals surface area contributed by atoms with Gasteiger partial charge in [-0.2, -0.15) is 0 Å². The maximum absolute atomic E-state index is 12.8. The first-order valence-electron chi connectivity index (χ1n) is 9.77. The fraction of sp³-hybridized carbons (Fsp3) is 0.167. The Morgan fingerprint density at radius 2 is 1.71 bits per heavy atom. The predicted molar refractivity (Wildman–Crippen MR) is 131 cm³/mol. The molecule has 3 rings (SSSR count). The van der Waals surface area contributed by atoms with E-state index in [-0.39, 0.29) is 17.1 Å². The highest BCUT2D eigenvalue weighted by Crippen LogP contribution is 2.32. The summed E-state index contributed by atoms with van der Waals surface area (Å²) in [6.07, 6.45) is 0.620. The van der Waals surface area contributed by atoms with Crippen LogP contribution in [0.2, 0.25) is 10.0 Å². The Morgan fingerprint density at radius 3 is 2.45 bits per heavy atom. The number of rotatable bonds is 7. The fourth-order valence-corrected chi connectivity index (χ4v) is 4.33. The summed E-state index contributed by atoms with van der Waals surface area (Å²) in [4.78, 5) is 26.3. The zero-order valence-corrected chi connectivity index (χ0v) is 19.4. The second kappa shape index (κ2) is 10.7. The van der Waals surface area contributed by atoms with Crippen LogP contribution in [0.1, 0.15) is 29.3 Å². The molecule has 0 bridgehead atoms. The number of anilines is 2. The summed E-state index contributed by atoms with van der Waals surface area (Å²) in [7, 11) is 0. The first-order chi connectivity index (χ1) is 14.9. The topological polar surface area (TPSA) is 58.2 Å². The highest BCUT2D eigenvalue weighted by atomic mass is 35.5. The van der Waals surface area contributed by atoms with Gasteiger partial charge in [0.1, 0.15) is 0 Å². The highest BCUT2D eigenvalue weighted by Gasteiger charge is 2.20. The molecule has 0 saturated heterocycles. The van der Waals surface area contributed by atoms with E-state index in [1.807, 2.05) is 56.3 Å². The first kappa shape index (κ1) is 23.2. The summed E-state index contributed by atoms with van der Waals surface area (Å²) in [5, 5.41) is 6.15. The van der Waals surface area contributed by atoms with Crippen molar-refractivity contribution in [2.24, 2.45) is 0 Å². The van der Waals surface area contributed by atoms with Gasteiger partial charge in [-0.25, -0.2) is 0 Å². The fourth-order valence-electron chi connectivity index (χ4n) is 2.97. The van der Waals surface area contributed by atoms with E-state index >= 15 is 0 Å². The molecule has 0 aliphatic carbocycles. The van der Waals surface area contributed by atoms with Gasteiger partial charge in [0.15, 0.2) is 0 Å². The van der Waals surface area contributed by atoms with Gasteiger partial charge in [0.25, 0.3) is 5.91 Å². The van der Waals surface area contributed by atoms with E-state index in [0.717, 1.165) is 10.5 Å². The Morgan fingerprint density at radius 1 is 0.968 bits per heavy atom. The molecule has 0 radical (unpaired) electrons. The van der Waals surface area contributed by atoms with Crippen molar-refractivity contribution in [2.45, 2.75) is 30.4 Å². The molecule has 0 aliphatic rings. The van der Waals surface area contributed by atoms with Crippen LogP contribution < -0.4 is 10.6 Å². The molecule has 0 aromatic heterocycles. The molecular weight excluding hydrogens is 451 g/mol. The van der Waals surface area contributed by atoms with Crippen molar-refractivity contribution >= 4 is 58.2 Å². The summed E-state index contributed by atoms with van der Waals surface area (Å²) >= 11 is 13.6. The second-order valence-corrected chi connectivity index (χ2v) is 8.96. The molecular formula is C24H22Cl2N2O2S. The molecule has 4 nitrogen and oxygen atoms in total. The summed E-state index contributed by atoms with van der Waals surface area (Å²) < 4.78 is 0. The Labute approximate surface area is 196 Å². The van der Waals surface area contributed by atoms with Crippen LogP contribution in [0.15, 0.2) is 71.6 Å². The third-order valence-electron chi connectivity index (χ3n) is 4.63. The van der Waals surface area contributed by atoms with Crippen molar-refractivity contribution in [3.63, 3.8) is 0 Å². The zero-order valence-electron chi connectivity index (χ0n) is 17.1. The maximum atomic E-state index is 12.8. The third-order valence-corrected chi connectivity index (χ3v) is 6.81. The predicted octanol–water partition coefficient (Wildman–Crippen LogP) is 7.06. The lowest BCUT2D eigenvalue weighted by Gasteiger charge is -2.16. The van der Waals surface area contributed by atoms with E-state index < -0.39 is 0 Å². The second-order valence-electron chi connectivity index (χ2n) is 6.90.